The van der Waals surface area contributed by atoms with Gasteiger partial charge in [0.2, 0.25) is 5.82 Å². The van der Waals surface area contributed by atoms with Gasteiger partial charge in [0.1, 0.15) is 0 Å². The average molecular weight is 403 g/mol. The van der Waals surface area contributed by atoms with Crippen LogP contribution < -0.4 is 0 Å². The number of amides is 1. The van der Waals surface area contributed by atoms with Gasteiger partial charge in [0.25, 0.3) is 11.7 Å². The molecule has 1 aromatic carbocycles. The molecule has 0 bridgehead atoms. The van der Waals surface area contributed by atoms with Crippen molar-refractivity contribution in [1.29, 1.82) is 0 Å². The largest absolute Gasteiger partial charge is 0.433 e. The van der Waals surface area contributed by atoms with Gasteiger partial charge in [-0.05, 0) is 25.8 Å². The molecule has 1 aliphatic heterocycles. The molecule has 0 saturated carbocycles. The van der Waals surface area contributed by atoms with Gasteiger partial charge in [-0.15, -0.1) is 5.10 Å². The van der Waals surface area contributed by atoms with Crippen LogP contribution in [0.1, 0.15) is 47.6 Å². The van der Waals surface area contributed by atoms with Crippen molar-refractivity contribution in [2.24, 2.45) is 0 Å². The lowest BCUT2D eigenvalue weighted by Gasteiger charge is -2.17. The van der Waals surface area contributed by atoms with Crippen LogP contribution in [0.4, 0.5) is 13.2 Å². The summed E-state index contributed by atoms with van der Waals surface area (Å²) < 4.78 is 41.7. The lowest BCUT2D eigenvalue weighted by molar-refractivity contribution is -0.142. The Bertz CT molecular complexity index is 1030. The van der Waals surface area contributed by atoms with E-state index in [1.807, 2.05) is 6.92 Å². The number of carbonyl (C=O) groups is 1. The molecule has 9 heteroatoms. The minimum atomic E-state index is -4.67. The minimum absolute atomic E-state index is 0.131. The first-order chi connectivity index (χ1) is 13.8. The monoisotopic (exact) mass is 403 g/mol. The Morgan fingerprint density at radius 2 is 1.66 bits per heavy atom. The quantitative estimate of drug-likeness (QED) is 0.645. The normalized spacial score (nSPS) is 15.5. The molecule has 3 aromatic rings. The Kier molecular flexibility index (Phi) is 4.97. The molecule has 152 valence electrons. The van der Waals surface area contributed by atoms with Gasteiger partial charge in [0, 0.05) is 18.7 Å². The molecular formula is C20H20F3N5O. The molecule has 4 rings (SSSR count). The molecule has 0 unspecified atom stereocenters. The summed E-state index contributed by atoms with van der Waals surface area (Å²) in [5.41, 5.74) is 0.636. The van der Waals surface area contributed by atoms with Crippen LogP contribution in [0.2, 0.25) is 0 Å². The third-order valence-corrected chi connectivity index (χ3v) is 5.03. The van der Waals surface area contributed by atoms with Crippen molar-refractivity contribution >= 4 is 11.7 Å². The highest BCUT2D eigenvalue weighted by molar-refractivity contribution is 5.91. The van der Waals surface area contributed by atoms with Crippen molar-refractivity contribution in [1.82, 2.24) is 24.5 Å². The van der Waals surface area contributed by atoms with E-state index in [1.54, 1.807) is 29.2 Å². The van der Waals surface area contributed by atoms with Gasteiger partial charge >= 0.3 is 6.18 Å². The van der Waals surface area contributed by atoms with E-state index in [0.29, 0.717) is 23.2 Å². The van der Waals surface area contributed by atoms with E-state index in [9.17, 15) is 18.0 Å². The zero-order chi connectivity index (χ0) is 20.6. The molecule has 2 aromatic heterocycles. The van der Waals surface area contributed by atoms with Crippen LogP contribution in [-0.2, 0) is 6.18 Å². The van der Waals surface area contributed by atoms with Crippen LogP contribution in [-0.4, -0.2) is 43.5 Å². The number of hydrogen-bond acceptors (Lipinski definition) is 4. The molecule has 0 aliphatic carbocycles. The molecule has 1 aliphatic rings. The SMILES string of the molecule is Cc1ccc(-c2cc(C(F)(F)F)n3nc(C(=O)N4CCCCCC4)nc3n2)cc1. The number of aromatic nitrogens is 4. The molecule has 1 saturated heterocycles. The highest BCUT2D eigenvalue weighted by atomic mass is 19.4. The van der Waals surface area contributed by atoms with Crippen molar-refractivity contribution in [2.75, 3.05) is 13.1 Å². The molecule has 6 nitrogen and oxygen atoms in total. The predicted molar refractivity (Wildman–Crippen MR) is 100 cm³/mol. The van der Waals surface area contributed by atoms with Crippen LogP contribution in [0.5, 0.6) is 0 Å². The molecule has 1 amide bonds. The maximum Gasteiger partial charge on any atom is 0.433 e. The van der Waals surface area contributed by atoms with Gasteiger partial charge in [0.05, 0.1) is 5.69 Å². The maximum atomic E-state index is 13.7. The fourth-order valence-corrected chi connectivity index (χ4v) is 3.45. The molecule has 3 heterocycles. The van der Waals surface area contributed by atoms with E-state index < -0.39 is 17.8 Å². The Hall–Kier alpha value is -2.97. The van der Waals surface area contributed by atoms with E-state index in [4.69, 9.17) is 0 Å². The maximum absolute atomic E-state index is 13.7. The smallest absolute Gasteiger partial charge is 0.336 e. The van der Waals surface area contributed by atoms with Crippen LogP contribution in [0.3, 0.4) is 0 Å². The lowest BCUT2D eigenvalue weighted by Crippen LogP contribution is -2.32. The van der Waals surface area contributed by atoms with Crippen molar-refractivity contribution in [3.63, 3.8) is 0 Å². The topological polar surface area (TPSA) is 63.4 Å². The van der Waals surface area contributed by atoms with E-state index in [1.165, 1.54) is 0 Å². The lowest BCUT2D eigenvalue weighted by atomic mass is 10.1. The first-order valence-corrected chi connectivity index (χ1v) is 9.54. The fourth-order valence-electron chi connectivity index (χ4n) is 3.45. The zero-order valence-corrected chi connectivity index (χ0v) is 15.9. The van der Waals surface area contributed by atoms with E-state index in [0.717, 1.165) is 37.3 Å². The number of likely N-dealkylation sites (tertiary alicyclic amines) is 1. The van der Waals surface area contributed by atoms with E-state index in [2.05, 4.69) is 15.1 Å². The number of rotatable bonds is 2. The minimum Gasteiger partial charge on any atom is -0.336 e. The Balaban J connectivity index is 1.80. The third kappa shape index (κ3) is 3.94. The summed E-state index contributed by atoms with van der Waals surface area (Å²) in [7, 11) is 0. The number of aryl methyl sites for hydroxylation is 1. The Labute approximate surface area is 165 Å². The predicted octanol–water partition coefficient (Wildman–Crippen LogP) is 4.13. The highest BCUT2D eigenvalue weighted by Crippen LogP contribution is 2.32. The summed E-state index contributed by atoms with van der Waals surface area (Å²) in [5.74, 6) is -0.957. The van der Waals surface area contributed by atoms with Gasteiger partial charge in [-0.25, -0.2) is 4.98 Å². The number of nitrogens with zero attached hydrogens (tertiary/aromatic N) is 5. The number of alkyl halides is 3. The second-order valence-electron chi connectivity index (χ2n) is 7.24. The fraction of sp³-hybridized carbons (Fsp3) is 0.400. The average Bonchev–Trinajstić information content (AvgIpc) is 2.92. The number of fused-ring (bicyclic) bond motifs is 1. The molecule has 1 fully saturated rings. The van der Waals surface area contributed by atoms with Crippen LogP contribution in [0.25, 0.3) is 17.0 Å². The van der Waals surface area contributed by atoms with Gasteiger partial charge in [-0.2, -0.15) is 22.7 Å². The third-order valence-electron chi connectivity index (χ3n) is 5.03. The number of benzene rings is 1. The summed E-state index contributed by atoms with van der Waals surface area (Å²) in [6, 6.07) is 7.94. The summed E-state index contributed by atoms with van der Waals surface area (Å²) in [5, 5.41) is 3.87. The van der Waals surface area contributed by atoms with Crippen molar-refractivity contribution in [3.8, 4) is 11.3 Å². The summed E-state index contributed by atoms with van der Waals surface area (Å²) in [6.07, 6.45) is -0.882. The van der Waals surface area contributed by atoms with Crippen molar-refractivity contribution in [2.45, 2.75) is 38.8 Å². The van der Waals surface area contributed by atoms with Gasteiger partial charge in [0.15, 0.2) is 5.69 Å². The molecule has 0 spiro atoms. The Morgan fingerprint density at radius 3 is 2.28 bits per heavy atom. The molecule has 0 radical (unpaired) electrons. The summed E-state index contributed by atoms with van der Waals surface area (Å²) >= 11 is 0. The molecule has 0 atom stereocenters. The summed E-state index contributed by atoms with van der Waals surface area (Å²) in [6.45, 7) is 3.01. The van der Waals surface area contributed by atoms with Crippen LogP contribution in [0, 0.1) is 6.92 Å². The van der Waals surface area contributed by atoms with Crippen molar-refractivity contribution in [3.05, 3.63) is 47.4 Å². The standard InChI is InChI=1S/C20H20F3N5O/c1-13-6-8-14(9-7-13)15-12-16(20(21,22)23)28-19(24-15)25-17(26-28)18(29)27-10-4-2-3-5-11-27/h6-9,12H,2-5,10-11H2,1H3. The zero-order valence-electron chi connectivity index (χ0n) is 15.9. The number of hydrogen-bond donors (Lipinski definition) is 0. The van der Waals surface area contributed by atoms with Gasteiger partial charge < -0.3 is 4.90 Å². The number of halogens is 3. The van der Waals surface area contributed by atoms with Crippen molar-refractivity contribution < 1.29 is 18.0 Å². The Morgan fingerprint density at radius 1 is 1.00 bits per heavy atom. The van der Waals surface area contributed by atoms with Crippen LogP contribution >= 0.6 is 0 Å². The van der Waals surface area contributed by atoms with E-state index >= 15 is 0 Å². The first kappa shape index (κ1) is 19.4. The van der Waals surface area contributed by atoms with Crippen LogP contribution in [0.15, 0.2) is 30.3 Å². The second kappa shape index (κ2) is 7.46. The second-order valence-corrected chi connectivity index (χ2v) is 7.24. The summed E-state index contributed by atoms with van der Waals surface area (Å²) in [4.78, 5) is 22.6. The first-order valence-electron chi connectivity index (χ1n) is 9.54. The van der Waals surface area contributed by atoms with Gasteiger partial charge in [-0.1, -0.05) is 42.7 Å². The van der Waals surface area contributed by atoms with E-state index in [-0.39, 0.29) is 17.3 Å². The van der Waals surface area contributed by atoms with Gasteiger partial charge in [-0.3, -0.25) is 4.79 Å². The number of carbonyl (C=O) groups excluding carboxylic acids is 1. The molecule has 0 N–H and O–H groups in total. The highest BCUT2D eigenvalue weighted by Gasteiger charge is 2.36. The molecule has 29 heavy (non-hydrogen) atoms. The molecular weight excluding hydrogens is 383 g/mol.